The average Bonchev–Trinajstić information content (AvgIpc) is 2.49. The highest BCUT2D eigenvalue weighted by atomic mass is 35.6. The largest absolute Gasteiger partial charge is 0.339 e. The molecule has 0 aliphatic heterocycles. The van der Waals surface area contributed by atoms with Crippen LogP contribution in [0, 0.1) is 0 Å². The lowest BCUT2D eigenvalue weighted by molar-refractivity contribution is -0.122. The Hall–Kier alpha value is -0.170. The molecule has 0 saturated heterocycles. The first-order valence-electron chi connectivity index (χ1n) is 7.52. The number of hydrogen-bond donors (Lipinski definition) is 3. The van der Waals surface area contributed by atoms with Crippen LogP contribution in [0.1, 0.15) is 32.6 Å². The maximum Gasteiger partial charge on any atom is 0.228 e. The topological polar surface area (TPSA) is 53.2 Å². The Bertz CT molecular complexity index is 609. The minimum atomic E-state index is -1.79. The molecule has 1 aromatic rings. The van der Waals surface area contributed by atoms with E-state index in [0.29, 0.717) is 22.2 Å². The summed E-state index contributed by atoms with van der Waals surface area (Å²) >= 11 is 34.8. The zero-order valence-electron chi connectivity index (χ0n) is 13.3. The first kappa shape index (κ1) is 22.9. The standard InChI is InChI=1S/C15H18Cl5N3OS/c1-2-3-4-5-12(24)22-13(15(18,19)20)23-14(25)21-9-6-7-10(16)11(17)8-9/h6-8,13H,2-5H2,1H3,(H,22,24)(H2,21,23,25). The molecule has 0 bridgehead atoms. The summed E-state index contributed by atoms with van der Waals surface area (Å²) in [5, 5.41) is 9.25. The number of unbranched alkanes of at least 4 members (excludes halogenated alkanes) is 2. The van der Waals surface area contributed by atoms with Crippen LogP contribution in [0.2, 0.25) is 10.0 Å². The molecule has 0 saturated carbocycles. The number of alkyl halides is 3. The molecule has 1 amide bonds. The normalized spacial score (nSPS) is 12.4. The Balaban J connectivity index is 2.66. The van der Waals surface area contributed by atoms with E-state index >= 15 is 0 Å². The van der Waals surface area contributed by atoms with Crippen molar-refractivity contribution in [3.8, 4) is 0 Å². The summed E-state index contributed by atoms with van der Waals surface area (Å²) in [7, 11) is 0. The number of carbonyl (C=O) groups excluding carboxylic acids is 1. The van der Waals surface area contributed by atoms with Gasteiger partial charge in [-0.3, -0.25) is 4.79 Å². The molecule has 1 rings (SSSR count). The van der Waals surface area contributed by atoms with Gasteiger partial charge >= 0.3 is 0 Å². The van der Waals surface area contributed by atoms with Gasteiger partial charge in [-0.2, -0.15) is 0 Å². The van der Waals surface area contributed by atoms with E-state index in [1.54, 1.807) is 18.2 Å². The number of nitrogens with one attached hydrogen (secondary N) is 3. The van der Waals surface area contributed by atoms with E-state index in [2.05, 4.69) is 22.9 Å². The van der Waals surface area contributed by atoms with Crippen molar-refractivity contribution in [2.45, 2.75) is 42.6 Å². The minimum Gasteiger partial charge on any atom is -0.339 e. The molecule has 1 aromatic carbocycles. The Morgan fingerprint density at radius 3 is 2.40 bits per heavy atom. The minimum absolute atomic E-state index is 0.156. The van der Waals surface area contributed by atoms with Crippen LogP contribution in [-0.4, -0.2) is 21.0 Å². The monoisotopic (exact) mass is 463 g/mol. The van der Waals surface area contributed by atoms with Crippen LogP contribution in [0.4, 0.5) is 5.69 Å². The molecule has 10 heteroatoms. The summed E-state index contributed by atoms with van der Waals surface area (Å²) in [4.78, 5) is 12.0. The molecule has 0 fully saturated rings. The van der Waals surface area contributed by atoms with Crippen LogP contribution in [0.15, 0.2) is 18.2 Å². The van der Waals surface area contributed by atoms with Gasteiger partial charge in [0, 0.05) is 12.1 Å². The van der Waals surface area contributed by atoms with Gasteiger partial charge in [-0.25, -0.2) is 0 Å². The highest BCUT2D eigenvalue weighted by Gasteiger charge is 2.34. The van der Waals surface area contributed by atoms with Crippen molar-refractivity contribution < 1.29 is 4.79 Å². The van der Waals surface area contributed by atoms with Crippen LogP contribution < -0.4 is 16.0 Å². The number of carbonyl (C=O) groups is 1. The van der Waals surface area contributed by atoms with Crippen molar-refractivity contribution in [1.82, 2.24) is 10.6 Å². The number of hydrogen-bond acceptors (Lipinski definition) is 2. The summed E-state index contributed by atoms with van der Waals surface area (Å²) < 4.78 is -1.79. The number of amides is 1. The van der Waals surface area contributed by atoms with Crippen molar-refractivity contribution in [2.24, 2.45) is 0 Å². The van der Waals surface area contributed by atoms with Gasteiger partial charge in [-0.1, -0.05) is 77.8 Å². The first-order valence-corrected chi connectivity index (χ1v) is 9.82. The molecule has 4 nitrogen and oxygen atoms in total. The molecule has 0 aromatic heterocycles. The Morgan fingerprint density at radius 2 is 1.84 bits per heavy atom. The Morgan fingerprint density at radius 1 is 1.16 bits per heavy atom. The molecule has 25 heavy (non-hydrogen) atoms. The maximum absolute atomic E-state index is 12.0. The van der Waals surface area contributed by atoms with Crippen LogP contribution in [0.5, 0.6) is 0 Å². The molecule has 0 radical (unpaired) electrons. The first-order chi connectivity index (χ1) is 11.6. The lowest BCUT2D eigenvalue weighted by atomic mass is 10.2. The van der Waals surface area contributed by atoms with Crippen LogP contribution in [-0.2, 0) is 4.79 Å². The summed E-state index contributed by atoms with van der Waals surface area (Å²) in [5.74, 6) is -0.227. The zero-order valence-corrected chi connectivity index (χ0v) is 17.9. The van der Waals surface area contributed by atoms with E-state index < -0.39 is 9.96 Å². The molecule has 3 N–H and O–H groups in total. The number of anilines is 1. The highest BCUT2D eigenvalue weighted by Crippen LogP contribution is 2.29. The molecule has 1 atom stereocenters. The van der Waals surface area contributed by atoms with Gasteiger partial charge in [-0.15, -0.1) is 0 Å². The molecule has 1 unspecified atom stereocenters. The number of halogens is 5. The second kappa shape index (κ2) is 10.9. The zero-order chi connectivity index (χ0) is 19.0. The van der Waals surface area contributed by atoms with Gasteiger partial charge in [0.1, 0.15) is 6.17 Å². The quantitative estimate of drug-likeness (QED) is 0.210. The predicted molar refractivity (Wildman–Crippen MR) is 112 cm³/mol. The lowest BCUT2D eigenvalue weighted by Gasteiger charge is -2.27. The van der Waals surface area contributed by atoms with E-state index in [0.717, 1.165) is 19.3 Å². The number of rotatable bonds is 7. The summed E-state index contributed by atoms with van der Waals surface area (Å²) in [5.41, 5.74) is 0.601. The van der Waals surface area contributed by atoms with Gasteiger partial charge in [0.15, 0.2) is 5.11 Å². The molecular formula is C15H18Cl5N3OS. The molecule has 0 heterocycles. The van der Waals surface area contributed by atoms with E-state index in [-0.39, 0.29) is 11.0 Å². The maximum atomic E-state index is 12.0. The van der Waals surface area contributed by atoms with Crippen LogP contribution in [0.3, 0.4) is 0 Å². The average molecular weight is 466 g/mol. The third kappa shape index (κ3) is 8.85. The van der Waals surface area contributed by atoms with E-state index in [1.165, 1.54) is 0 Å². The number of benzene rings is 1. The third-order valence-electron chi connectivity index (χ3n) is 3.09. The van der Waals surface area contributed by atoms with Gasteiger partial charge in [0.2, 0.25) is 9.70 Å². The SMILES string of the molecule is CCCCCC(=O)NC(NC(=S)Nc1ccc(Cl)c(Cl)c1)C(Cl)(Cl)Cl. The Kier molecular flexibility index (Phi) is 9.93. The lowest BCUT2D eigenvalue weighted by Crippen LogP contribution is -2.56. The smallest absolute Gasteiger partial charge is 0.228 e. The van der Waals surface area contributed by atoms with Gasteiger partial charge < -0.3 is 16.0 Å². The molecule has 0 aliphatic carbocycles. The van der Waals surface area contributed by atoms with Crippen molar-refractivity contribution in [3.05, 3.63) is 28.2 Å². The van der Waals surface area contributed by atoms with Crippen molar-refractivity contribution in [1.29, 1.82) is 0 Å². The molecule has 0 spiro atoms. The predicted octanol–water partition coefficient (Wildman–Crippen LogP) is 5.67. The second-order valence-electron chi connectivity index (χ2n) is 5.23. The van der Waals surface area contributed by atoms with Gasteiger partial charge in [0.05, 0.1) is 10.0 Å². The fraction of sp³-hybridized carbons (Fsp3) is 0.467. The van der Waals surface area contributed by atoms with Gasteiger partial charge in [-0.05, 0) is 36.8 Å². The third-order valence-corrected chi connectivity index (χ3v) is 4.71. The fourth-order valence-electron chi connectivity index (χ4n) is 1.84. The summed E-state index contributed by atoms with van der Waals surface area (Å²) in [6.45, 7) is 2.05. The Labute approximate surface area is 177 Å². The van der Waals surface area contributed by atoms with E-state index in [1.807, 2.05) is 0 Å². The number of thiocarbonyl (C=S) groups is 1. The van der Waals surface area contributed by atoms with Crippen LogP contribution in [0.25, 0.3) is 0 Å². The molecule has 0 aliphatic rings. The van der Waals surface area contributed by atoms with Crippen molar-refractivity contribution in [3.63, 3.8) is 0 Å². The molecule has 140 valence electrons. The van der Waals surface area contributed by atoms with E-state index in [4.69, 9.17) is 70.2 Å². The van der Waals surface area contributed by atoms with Gasteiger partial charge in [0.25, 0.3) is 0 Å². The summed E-state index contributed by atoms with van der Waals surface area (Å²) in [6.07, 6.45) is 2.09. The summed E-state index contributed by atoms with van der Waals surface area (Å²) in [6, 6.07) is 4.91. The fourth-order valence-corrected chi connectivity index (χ4v) is 2.70. The van der Waals surface area contributed by atoms with Crippen LogP contribution >= 0.6 is 70.2 Å². The molecular weight excluding hydrogens is 448 g/mol. The van der Waals surface area contributed by atoms with Crippen molar-refractivity contribution in [2.75, 3.05) is 5.32 Å². The highest BCUT2D eigenvalue weighted by molar-refractivity contribution is 7.80. The van der Waals surface area contributed by atoms with E-state index in [9.17, 15) is 4.79 Å². The second-order valence-corrected chi connectivity index (χ2v) is 8.82. The van der Waals surface area contributed by atoms with Crippen molar-refractivity contribution >= 4 is 86.9 Å².